The van der Waals surface area contributed by atoms with Crippen molar-refractivity contribution in [1.29, 1.82) is 0 Å². The summed E-state index contributed by atoms with van der Waals surface area (Å²) < 4.78 is 0. The maximum Gasteiger partial charge on any atom is 0.0703 e. The highest BCUT2D eigenvalue weighted by atomic mass is 14.9. The SMILES string of the molecule is CC(C)c1cccc(C(C)C)c1/N=C1/C(=N/c2c(C(C)C)cccc2C(C)C)C2(C)CCC1C2(C)C. The van der Waals surface area contributed by atoms with Gasteiger partial charge in [-0.15, -0.1) is 0 Å². The largest absolute Gasteiger partial charge is 0.251 e. The average Bonchev–Trinajstić information content (AvgIpc) is 3.11. The molecule has 2 aliphatic carbocycles. The zero-order valence-electron chi connectivity index (χ0n) is 24.7. The van der Waals surface area contributed by atoms with Crippen molar-refractivity contribution >= 4 is 22.8 Å². The van der Waals surface area contributed by atoms with Crippen LogP contribution in [0, 0.1) is 16.7 Å². The third-order valence-corrected chi connectivity index (χ3v) is 9.46. The first-order chi connectivity index (χ1) is 16.8. The maximum atomic E-state index is 5.66. The number of benzene rings is 2. The van der Waals surface area contributed by atoms with Crippen LogP contribution in [-0.4, -0.2) is 11.4 Å². The molecule has 0 spiro atoms. The minimum Gasteiger partial charge on any atom is -0.251 e. The van der Waals surface area contributed by atoms with Crippen molar-refractivity contribution in [1.82, 2.24) is 0 Å². The van der Waals surface area contributed by atoms with Gasteiger partial charge in [0.15, 0.2) is 0 Å². The Morgan fingerprint density at radius 1 is 0.639 bits per heavy atom. The van der Waals surface area contributed by atoms with Crippen LogP contribution < -0.4 is 0 Å². The van der Waals surface area contributed by atoms with Gasteiger partial charge < -0.3 is 0 Å². The van der Waals surface area contributed by atoms with Crippen LogP contribution in [0.15, 0.2) is 46.4 Å². The van der Waals surface area contributed by atoms with Crippen molar-refractivity contribution < 1.29 is 0 Å². The van der Waals surface area contributed by atoms with E-state index in [0.29, 0.717) is 29.6 Å². The van der Waals surface area contributed by atoms with Crippen LogP contribution >= 0.6 is 0 Å². The maximum absolute atomic E-state index is 5.66. The van der Waals surface area contributed by atoms with E-state index in [1.165, 1.54) is 57.9 Å². The number of para-hydroxylation sites is 2. The van der Waals surface area contributed by atoms with E-state index in [0.717, 1.165) is 0 Å². The smallest absolute Gasteiger partial charge is 0.0703 e. The number of rotatable bonds is 6. The molecule has 0 N–H and O–H groups in total. The van der Waals surface area contributed by atoms with Crippen LogP contribution in [0.2, 0.25) is 0 Å². The molecule has 2 saturated carbocycles. The van der Waals surface area contributed by atoms with Gasteiger partial charge in [0.25, 0.3) is 0 Å². The van der Waals surface area contributed by atoms with E-state index >= 15 is 0 Å². The lowest BCUT2D eigenvalue weighted by molar-refractivity contribution is 0.208. The van der Waals surface area contributed by atoms with E-state index in [2.05, 4.69) is 113 Å². The standard InChI is InChI=1S/C34H48N2/c1-20(2)24-14-12-15-25(21(3)4)29(24)35-31-28-18-19-34(11,33(28,9)10)32(31)36-30-26(22(5)6)16-13-17-27(30)23(7)8/h12-17,20-23,28H,18-19H2,1-11H3/b35-31+,36-32-. The van der Waals surface area contributed by atoms with E-state index in [9.17, 15) is 0 Å². The van der Waals surface area contributed by atoms with Crippen molar-refractivity contribution in [3.63, 3.8) is 0 Å². The van der Waals surface area contributed by atoms with Crippen LogP contribution in [-0.2, 0) is 0 Å². The minimum atomic E-state index is 0.0274. The van der Waals surface area contributed by atoms with Crippen LogP contribution in [0.25, 0.3) is 0 Å². The number of aliphatic imine (C=N–C) groups is 2. The predicted molar refractivity (Wildman–Crippen MR) is 158 cm³/mol. The Kier molecular flexibility index (Phi) is 7.14. The lowest BCUT2D eigenvalue weighted by Gasteiger charge is -2.34. The van der Waals surface area contributed by atoms with Gasteiger partial charge in [0.2, 0.25) is 0 Å². The molecule has 194 valence electrons. The van der Waals surface area contributed by atoms with E-state index < -0.39 is 0 Å². The normalized spacial score (nSPS) is 25.5. The van der Waals surface area contributed by atoms with Crippen molar-refractivity contribution in [2.75, 3.05) is 0 Å². The van der Waals surface area contributed by atoms with Crippen LogP contribution in [0.5, 0.6) is 0 Å². The van der Waals surface area contributed by atoms with Crippen molar-refractivity contribution in [2.24, 2.45) is 26.7 Å². The summed E-state index contributed by atoms with van der Waals surface area (Å²) in [5.41, 5.74) is 10.4. The molecular weight excluding hydrogens is 436 g/mol. The number of nitrogens with zero attached hydrogens (tertiary/aromatic N) is 2. The lowest BCUT2D eigenvalue weighted by Crippen LogP contribution is -2.33. The van der Waals surface area contributed by atoms with Gasteiger partial charge in [0, 0.05) is 11.3 Å². The van der Waals surface area contributed by atoms with Gasteiger partial charge in [-0.2, -0.15) is 0 Å². The highest BCUT2D eigenvalue weighted by molar-refractivity contribution is 6.48. The fourth-order valence-corrected chi connectivity index (χ4v) is 6.68. The molecular formula is C34H48N2. The first kappa shape index (κ1) is 26.8. The summed E-state index contributed by atoms with van der Waals surface area (Å²) in [7, 11) is 0. The number of fused-ring (bicyclic) bond motifs is 2. The molecule has 2 fully saturated rings. The molecule has 0 saturated heterocycles. The van der Waals surface area contributed by atoms with Gasteiger partial charge >= 0.3 is 0 Å². The van der Waals surface area contributed by atoms with E-state index in [4.69, 9.17) is 9.98 Å². The summed E-state index contributed by atoms with van der Waals surface area (Å²) in [6, 6.07) is 13.5. The van der Waals surface area contributed by atoms with E-state index in [-0.39, 0.29) is 10.8 Å². The lowest BCUT2D eigenvalue weighted by atomic mass is 9.70. The molecule has 36 heavy (non-hydrogen) atoms. The molecule has 2 aliphatic rings. The van der Waals surface area contributed by atoms with E-state index in [1.54, 1.807) is 0 Å². The monoisotopic (exact) mass is 484 g/mol. The highest BCUT2D eigenvalue weighted by Crippen LogP contribution is 2.64. The molecule has 2 aromatic carbocycles. The molecule has 0 aliphatic heterocycles. The Hall–Kier alpha value is -2.22. The molecule has 2 aromatic rings. The fourth-order valence-electron chi connectivity index (χ4n) is 6.68. The summed E-state index contributed by atoms with van der Waals surface area (Å²) in [5, 5.41) is 0. The third kappa shape index (κ3) is 4.19. The Balaban J connectivity index is 2.04. The molecule has 4 rings (SSSR count). The second kappa shape index (κ2) is 9.58. The quantitative estimate of drug-likeness (QED) is 0.389. The molecule has 2 atom stereocenters. The van der Waals surface area contributed by atoms with Gasteiger partial charge in [-0.3, -0.25) is 9.98 Å². The van der Waals surface area contributed by atoms with Crippen molar-refractivity contribution in [3.8, 4) is 0 Å². The average molecular weight is 485 g/mol. The fraction of sp³-hybridized carbons (Fsp3) is 0.588. The third-order valence-electron chi connectivity index (χ3n) is 9.46. The number of hydrogen-bond acceptors (Lipinski definition) is 2. The second-order valence-corrected chi connectivity index (χ2v) is 13.3. The molecule has 2 nitrogen and oxygen atoms in total. The van der Waals surface area contributed by atoms with Crippen molar-refractivity contribution in [3.05, 3.63) is 58.7 Å². The second-order valence-electron chi connectivity index (χ2n) is 13.3. The van der Waals surface area contributed by atoms with Gasteiger partial charge in [-0.25, -0.2) is 0 Å². The Morgan fingerprint density at radius 3 is 1.42 bits per heavy atom. The highest BCUT2D eigenvalue weighted by Gasteiger charge is 2.63. The molecule has 2 unspecified atom stereocenters. The van der Waals surface area contributed by atoms with Gasteiger partial charge in [-0.1, -0.05) is 113 Å². The summed E-state index contributed by atoms with van der Waals surface area (Å²) >= 11 is 0. The summed E-state index contributed by atoms with van der Waals surface area (Å²) in [6.07, 6.45) is 2.39. The topological polar surface area (TPSA) is 24.7 Å². The Labute approximate surface area is 220 Å². The summed E-state index contributed by atoms with van der Waals surface area (Å²) in [6.45, 7) is 25.7. The number of hydrogen-bond donors (Lipinski definition) is 0. The molecule has 0 amide bonds. The van der Waals surface area contributed by atoms with Crippen LogP contribution in [0.4, 0.5) is 11.4 Å². The first-order valence-electron chi connectivity index (χ1n) is 14.2. The van der Waals surface area contributed by atoms with Crippen LogP contribution in [0.1, 0.15) is 135 Å². The summed E-state index contributed by atoms with van der Waals surface area (Å²) in [5.74, 6) is 2.16. The van der Waals surface area contributed by atoms with Gasteiger partial charge in [0.1, 0.15) is 0 Å². The Morgan fingerprint density at radius 2 is 1.03 bits per heavy atom. The zero-order chi connectivity index (χ0) is 26.6. The molecule has 0 radical (unpaired) electrons. The minimum absolute atomic E-state index is 0.0274. The van der Waals surface area contributed by atoms with E-state index in [1.807, 2.05) is 0 Å². The zero-order valence-corrected chi connectivity index (χ0v) is 24.7. The molecule has 0 aromatic heterocycles. The van der Waals surface area contributed by atoms with Gasteiger partial charge in [-0.05, 0) is 64.2 Å². The molecule has 2 bridgehead atoms. The predicted octanol–water partition coefficient (Wildman–Crippen LogP) is 10.5. The molecule has 2 heteroatoms. The van der Waals surface area contributed by atoms with Gasteiger partial charge in [0.05, 0.1) is 22.8 Å². The Bertz CT molecular complexity index is 1140. The van der Waals surface area contributed by atoms with Crippen LogP contribution in [0.3, 0.4) is 0 Å². The van der Waals surface area contributed by atoms with Crippen molar-refractivity contribution in [2.45, 2.75) is 113 Å². The first-order valence-corrected chi connectivity index (χ1v) is 14.2. The summed E-state index contributed by atoms with van der Waals surface area (Å²) in [4.78, 5) is 11.3. The molecule has 0 heterocycles.